The number of piperidine rings is 1. The number of amides is 1. The molecule has 0 spiro atoms. The highest BCUT2D eigenvalue weighted by atomic mass is 16.2. The monoisotopic (exact) mass is 333 g/mol. The number of nitrogens with one attached hydrogen (secondary N) is 1. The van der Waals surface area contributed by atoms with Crippen molar-refractivity contribution in [1.82, 2.24) is 15.3 Å². The Labute approximate surface area is 145 Å². The van der Waals surface area contributed by atoms with E-state index in [1.807, 2.05) is 33.8 Å². The first-order valence-electron chi connectivity index (χ1n) is 9.02. The summed E-state index contributed by atoms with van der Waals surface area (Å²) in [7, 11) is 0. The molecule has 0 unspecified atom stereocenters. The number of anilines is 1. The van der Waals surface area contributed by atoms with Gasteiger partial charge in [-0.2, -0.15) is 0 Å². The minimum absolute atomic E-state index is 0.113. The molecule has 134 valence electrons. The van der Waals surface area contributed by atoms with Crippen molar-refractivity contribution in [3.8, 4) is 0 Å². The fourth-order valence-electron chi connectivity index (χ4n) is 3.40. The Hall–Kier alpha value is -1.69. The fourth-order valence-corrected chi connectivity index (χ4v) is 3.40. The van der Waals surface area contributed by atoms with E-state index in [2.05, 4.69) is 20.2 Å². The van der Waals surface area contributed by atoms with Crippen molar-refractivity contribution in [3.63, 3.8) is 0 Å². The summed E-state index contributed by atoms with van der Waals surface area (Å²) in [6, 6.07) is 2.25. The third kappa shape index (κ3) is 4.04. The van der Waals surface area contributed by atoms with Gasteiger partial charge in [-0.3, -0.25) is 4.79 Å². The lowest BCUT2D eigenvalue weighted by Crippen LogP contribution is -2.51. The quantitative estimate of drug-likeness (QED) is 0.831. The van der Waals surface area contributed by atoms with E-state index < -0.39 is 5.41 Å². The smallest absolute Gasteiger partial charge is 0.227 e. The Balaban J connectivity index is 1.94. The van der Waals surface area contributed by atoms with Crippen molar-refractivity contribution >= 4 is 11.7 Å². The van der Waals surface area contributed by atoms with E-state index >= 15 is 0 Å². The van der Waals surface area contributed by atoms with Gasteiger partial charge in [0.15, 0.2) is 0 Å². The molecule has 0 atom stereocenters. The predicted molar refractivity (Wildman–Crippen MR) is 97.0 cm³/mol. The van der Waals surface area contributed by atoms with Crippen LogP contribution in [-0.2, 0) is 4.79 Å². The van der Waals surface area contributed by atoms with Gasteiger partial charge in [0.2, 0.25) is 5.91 Å². The molecule has 1 saturated heterocycles. The van der Waals surface area contributed by atoms with E-state index in [4.69, 9.17) is 5.73 Å². The zero-order valence-electron chi connectivity index (χ0n) is 15.4. The zero-order valence-corrected chi connectivity index (χ0v) is 15.4. The molecule has 0 saturated carbocycles. The van der Waals surface area contributed by atoms with Crippen LogP contribution >= 0.6 is 0 Å². The second-order valence-corrected chi connectivity index (χ2v) is 6.84. The molecule has 0 aliphatic carbocycles. The van der Waals surface area contributed by atoms with Gasteiger partial charge in [0.25, 0.3) is 0 Å². The molecule has 1 aliphatic rings. The molecule has 24 heavy (non-hydrogen) atoms. The van der Waals surface area contributed by atoms with Crippen molar-refractivity contribution in [2.24, 2.45) is 11.1 Å². The first kappa shape index (κ1) is 18.6. The summed E-state index contributed by atoms with van der Waals surface area (Å²) in [6.45, 7) is 10.2. The van der Waals surface area contributed by atoms with Gasteiger partial charge < -0.3 is 16.0 Å². The van der Waals surface area contributed by atoms with Crippen LogP contribution in [0.1, 0.15) is 51.0 Å². The number of hydrogen-bond donors (Lipinski definition) is 2. The molecule has 6 nitrogen and oxygen atoms in total. The first-order chi connectivity index (χ1) is 11.4. The summed E-state index contributed by atoms with van der Waals surface area (Å²) in [5.74, 6) is 1.91. The number of hydrogen-bond acceptors (Lipinski definition) is 5. The Morgan fingerprint density at radius 2 is 1.92 bits per heavy atom. The highest BCUT2D eigenvalue weighted by Crippen LogP contribution is 2.26. The molecule has 2 rings (SSSR count). The van der Waals surface area contributed by atoms with E-state index in [1.54, 1.807) is 0 Å². The molecule has 1 fully saturated rings. The summed E-state index contributed by atoms with van der Waals surface area (Å²) in [5.41, 5.74) is 6.45. The van der Waals surface area contributed by atoms with E-state index in [0.29, 0.717) is 6.54 Å². The molecular formula is C18H31N5O. The lowest BCUT2D eigenvalue weighted by Gasteiger charge is -2.36. The summed E-state index contributed by atoms with van der Waals surface area (Å²) in [6.07, 6.45) is 3.43. The van der Waals surface area contributed by atoms with Gasteiger partial charge in [-0.05, 0) is 39.5 Å². The topological polar surface area (TPSA) is 84.1 Å². The molecule has 1 amide bonds. The number of nitrogens with zero attached hydrogens (tertiary/aromatic N) is 3. The van der Waals surface area contributed by atoms with E-state index in [1.165, 1.54) is 0 Å². The molecule has 6 heteroatoms. The minimum Gasteiger partial charge on any atom is -0.356 e. The minimum atomic E-state index is -0.419. The molecule has 0 radical (unpaired) electrons. The van der Waals surface area contributed by atoms with E-state index in [9.17, 15) is 4.79 Å². The van der Waals surface area contributed by atoms with Crippen LogP contribution in [0, 0.1) is 19.3 Å². The molecule has 2 heterocycles. The molecule has 0 bridgehead atoms. The summed E-state index contributed by atoms with van der Waals surface area (Å²) >= 11 is 0. The lowest BCUT2D eigenvalue weighted by molar-refractivity contribution is -0.131. The van der Waals surface area contributed by atoms with Crippen LogP contribution in [0.15, 0.2) is 6.07 Å². The summed E-state index contributed by atoms with van der Waals surface area (Å²) in [4.78, 5) is 23.8. The first-order valence-corrected chi connectivity index (χ1v) is 9.02. The SMILES string of the molecule is CCC(CC)(CN)C(=O)NC1CCN(c2cc(C)nc(C)n2)CC1. The van der Waals surface area contributed by atoms with Gasteiger partial charge in [0.1, 0.15) is 11.6 Å². The van der Waals surface area contributed by atoms with Crippen molar-refractivity contribution in [3.05, 3.63) is 17.6 Å². The van der Waals surface area contributed by atoms with Crippen molar-refractivity contribution in [1.29, 1.82) is 0 Å². The number of nitrogens with two attached hydrogens (primary N) is 1. The van der Waals surface area contributed by atoms with Crippen LogP contribution in [0.3, 0.4) is 0 Å². The van der Waals surface area contributed by atoms with Crippen molar-refractivity contribution in [2.45, 2.75) is 59.4 Å². The maximum Gasteiger partial charge on any atom is 0.227 e. The predicted octanol–water partition coefficient (Wildman–Crippen LogP) is 1.94. The molecule has 1 aromatic rings. The van der Waals surface area contributed by atoms with Gasteiger partial charge in [0, 0.05) is 37.4 Å². The fraction of sp³-hybridized carbons (Fsp3) is 0.722. The number of aryl methyl sites for hydroxylation is 2. The van der Waals surface area contributed by atoms with Crippen LogP contribution in [0.2, 0.25) is 0 Å². The van der Waals surface area contributed by atoms with E-state index in [0.717, 1.165) is 56.1 Å². The van der Waals surface area contributed by atoms with Gasteiger partial charge in [0.05, 0.1) is 5.41 Å². The normalized spacial score (nSPS) is 16.3. The third-order valence-electron chi connectivity index (χ3n) is 5.33. The van der Waals surface area contributed by atoms with Gasteiger partial charge >= 0.3 is 0 Å². The molecule has 3 N–H and O–H groups in total. The van der Waals surface area contributed by atoms with Gasteiger partial charge in [-0.25, -0.2) is 9.97 Å². The highest BCUT2D eigenvalue weighted by Gasteiger charge is 2.35. The molecule has 1 aliphatic heterocycles. The Morgan fingerprint density at radius 3 is 2.42 bits per heavy atom. The standard InChI is InChI=1S/C18H31N5O/c1-5-18(6-2,12-19)17(24)22-15-7-9-23(10-8-15)16-11-13(3)20-14(4)21-16/h11,15H,5-10,12,19H2,1-4H3,(H,22,24). The number of carbonyl (C=O) groups is 1. The Kier molecular flexibility index (Phi) is 6.15. The Bertz CT molecular complexity index is 534. The molecular weight excluding hydrogens is 302 g/mol. The van der Waals surface area contributed by atoms with Crippen molar-refractivity contribution < 1.29 is 4.79 Å². The number of aromatic nitrogens is 2. The average molecular weight is 333 g/mol. The van der Waals surface area contributed by atoms with Gasteiger partial charge in [-0.1, -0.05) is 13.8 Å². The summed E-state index contributed by atoms with van der Waals surface area (Å²) < 4.78 is 0. The van der Waals surface area contributed by atoms with E-state index in [-0.39, 0.29) is 11.9 Å². The second-order valence-electron chi connectivity index (χ2n) is 6.84. The molecule has 1 aromatic heterocycles. The second kappa shape index (κ2) is 7.92. The number of rotatable bonds is 6. The van der Waals surface area contributed by atoms with Gasteiger partial charge in [-0.15, -0.1) is 0 Å². The third-order valence-corrected chi connectivity index (χ3v) is 5.33. The van der Waals surface area contributed by atoms with Crippen LogP contribution in [-0.4, -0.2) is 41.6 Å². The van der Waals surface area contributed by atoms with Crippen LogP contribution in [0.5, 0.6) is 0 Å². The highest BCUT2D eigenvalue weighted by molar-refractivity contribution is 5.83. The largest absolute Gasteiger partial charge is 0.356 e. The number of carbonyl (C=O) groups excluding carboxylic acids is 1. The maximum atomic E-state index is 12.6. The zero-order chi connectivity index (χ0) is 17.7. The van der Waals surface area contributed by atoms with Crippen LogP contribution in [0.25, 0.3) is 0 Å². The summed E-state index contributed by atoms with van der Waals surface area (Å²) in [5, 5.41) is 3.23. The maximum absolute atomic E-state index is 12.6. The van der Waals surface area contributed by atoms with Crippen LogP contribution in [0.4, 0.5) is 5.82 Å². The molecule has 0 aromatic carbocycles. The Morgan fingerprint density at radius 1 is 1.29 bits per heavy atom. The van der Waals surface area contributed by atoms with Crippen LogP contribution < -0.4 is 16.0 Å². The average Bonchev–Trinajstić information content (AvgIpc) is 2.57. The lowest BCUT2D eigenvalue weighted by atomic mass is 9.81. The van der Waals surface area contributed by atoms with Crippen molar-refractivity contribution in [2.75, 3.05) is 24.5 Å².